The van der Waals surface area contributed by atoms with Crippen molar-refractivity contribution in [3.05, 3.63) is 34.4 Å². The number of halogens is 1. The lowest BCUT2D eigenvalue weighted by molar-refractivity contribution is -0.384. The fourth-order valence-electron chi connectivity index (χ4n) is 1.23. The van der Waals surface area contributed by atoms with Crippen molar-refractivity contribution in [1.82, 2.24) is 10.6 Å². The van der Waals surface area contributed by atoms with Gasteiger partial charge in [-0.1, -0.05) is 0 Å². The van der Waals surface area contributed by atoms with E-state index in [1.807, 2.05) is 14.0 Å². The summed E-state index contributed by atoms with van der Waals surface area (Å²) in [6.07, 6.45) is 0. The lowest BCUT2D eigenvalue weighted by Gasteiger charge is -2.11. The molecule has 20 heavy (non-hydrogen) atoms. The molecule has 0 bridgehead atoms. The van der Waals surface area contributed by atoms with E-state index < -0.39 is 4.92 Å². The third-order valence-electron chi connectivity index (χ3n) is 2.52. The van der Waals surface area contributed by atoms with E-state index in [1.54, 1.807) is 12.1 Å². The Labute approximate surface area is 128 Å². The number of nitro groups is 1. The van der Waals surface area contributed by atoms with Crippen LogP contribution in [0.15, 0.2) is 29.2 Å². The molecule has 0 saturated heterocycles. The first kappa shape index (κ1) is 18.7. The maximum Gasteiger partial charge on any atom is 0.269 e. The lowest BCUT2D eigenvalue weighted by atomic mass is 10.3. The molecule has 0 spiro atoms. The van der Waals surface area contributed by atoms with Gasteiger partial charge < -0.3 is 10.6 Å². The van der Waals surface area contributed by atoms with Gasteiger partial charge in [0.25, 0.3) is 5.69 Å². The highest BCUT2D eigenvalue weighted by atomic mass is 35.5. The molecule has 0 fully saturated rings. The summed E-state index contributed by atoms with van der Waals surface area (Å²) in [6.45, 7) is 2.56. The first-order valence-corrected chi connectivity index (χ1v) is 6.82. The Morgan fingerprint density at radius 2 is 2.00 bits per heavy atom. The zero-order valence-electron chi connectivity index (χ0n) is 11.3. The van der Waals surface area contributed by atoms with Crippen LogP contribution in [-0.2, 0) is 4.79 Å². The Bertz CT molecular complexity index is 442. The first-order chi connectivity index (χ1) is 9.02. The number of benzene rings is 1. The highest BCUT2D eigenvalue weighted by Gasteiger charge is 2.07. The molecule has 1 unspecified atom stereocenters. The standard InChI is InChI=1S/C12H17N3O3S.ClH/c1-9(13-2)7-14-12(16)8-19-11-5-3-10(4-6-11)15(17)18;/h3-6,9,13H,7-8H2,1-2H3,(H,14,16);1H. The molecule has 112 valence electrons. The molecule has 1 rings (SSSR count). The van der Waals surface area contributed by atoms with Crippen LogP contribution in [0.3, 0.4) is 0 Å². The van der Waals surface area contributed by atoms with Gasteiger partial charge in [-0.25, -0.2) is 0 Å². The summed E-state index contributed by atoms with van der Waals surface area (Å²) < 4.78 is 0. The molecular weight excluding hydrogens is 302 g/mol. The van der Waals surface area contributed by atoms with Crippen molar-refractivity contribution >= 4 is 35.8 Å². The topological polar surface area (TPSA) is 84.3 Å². The van der Waals surface area contributed by atoms with Crippen LogP contribution in [0.5, 0.6) is 0 Å². The smallest absolute Gasteiger partial charge is 0.269 e. The fourth-order valence-corrected chi connectivity index (χ4v) is 1.96. The van der Waals surface area contributed by atoms with E-state index in [0.29, 0.717) is 12.3 Å². The Kier molecular flexibility index (Phi) is 8.94. The average molecular weight is 320 g/mol. The van der Waals surface area contributed by atoms with Crippen molar-refractivity contribution in [3.8, 4) is 0 Å². The SMILES string of the molecule is CNC(C)CNC(=O)CSc1ccc([N+](=O)[O-])cc1.Cl. The molecule has 1 aromatic rings. The van der Waals surface area contributed by atoms with Crippen LogP contribution < -0.4 is 10.6 Å². The quantitative estimate of drug-likeness (QED) is 0.455. The Morgan fingerprint density at radius 1 is 1.40 bits per heavy atom. The molecule has 1 atom stereocenters. The summed E-state index contributed by atoms with van der Waals surface area (Å²) in [4.78, 5) is 22.4. The highest BCUT2D eigenvalue weighted by Crippen LogP contribution is 2.20. The predicted octanol–water partition coefficient (Wildman–Crippen LogP) is 1.83. The van der Waals surface area contributed by atoms with E-state index in [0.717, 1.165) is 4.90 Å². The van der Waals surface area contributed by atoms with Gasteiger partial charge in [0.15, 0.2) is 0 Å². The number of amides is 1. The van der Waals surface area contributed by atoms with Gasteiger partial charge in [-0.15, -0.1) is 24.2 Å². The number of rotatable bonds is 7. The Hall–Kier alpha value is -1.31. The molecule has 6 nitrogen and oxygen atoms in total. The minimum absolute atomic E-state index is 0. The van der Waals surface area contributed by atoms with Crippen molar-refractivity contribution in [2.45, 2.75) is 17.9 Å². The molecule has 0 aliphatic rings. The van der Waals surface area contributed by atoms with E-state index >= 15 is 0 Å². The third kappa shape index (κ3) is 6.74. The van der Waals surface area contributed by atoms with E-state index in [2.05, 4.69) is 10.6 Å². The minimum atomic E-state index is -0.444. The van der Waals surface area contributed by atoms with Crippen LogP contribution in [0.4, 0.5) is 5.69 Å². The molecular formula is C12H18ClN3O3S. The first-order valence-electron chi connectivity index (χ1n) is 5.84. The number of carbonyl (C=O) groups excluding carboxylic acids is 1. The predicted molar refractivity (Wildman–Crippen MR) is 82.6 cm³/mol. The number of non-ortho nitro benzene ring substituents is 1. The van der Waals surface area contributed by atoms with Gasteiger partial charge in [-0.05, 0) is 26.1 Å². The van der Waals surface area contributed by atoms with Crippen molar-refractivity contribution in [2.24, 2.45) is 0 Å². The molecule has 1 amide bonds. The number of hydrogen-bond donors (Lipinski definition) is 2. The molecule has 0 heterocycles. The summed E-state index contributed by atoms with van der Waals surface area (Å²) in [5.41, 5.74) is 0.0525. The van der Waals surface area contributed by atoms with Crippen molar-refractivity contribution in [1.29, 1.82) is 0 Å². The van der Waals surface area contributed by atoms with Crippen LogP contribution in [0, 0.1) is 10.1 Å². The van der Waals surface area contributed by atoms with E-state index in [9.17, 15) is 14.9 Å². The van der Waals surface area contributed by atoms with Gasteiger partial charge >= 0.3 is 0 Å². The molecule has 0 aliphatic carbocycles. The van der Waals surface area contributed by atoms with Gasteiger partial charge in [0.1, 0.15) is 0 Å². The molecule has 0 radical (unpaired) electrons. The molecule has 0 aliphatic heterocycles. The van der Waals surface area contributed by atoms with Gasteiger partial charge in [0, 0.05) is 29.6 Å². The van der Waals surface area contributed by atoms with Crippen LogP contribution in [0.1, 0.15) is 6.92 Å². The lowest BCUT2D eigenvalue weighted by Crippen LogP contribution is -2.37. The maximum absolute atomic E-state index is 11.5. The van der Waals surface area contributed by atoms with E-state index in [1.165, 1.54) is 23.9 Å². The summed E-state index contributed by atoms with van der Waals surface area (Å²) >= 11 is 1.35. The Morgan fingerprint density at radius 3 is 2.50 bits per heavy atom. The second-order valence-electron chi connectivity index (χ2n) is 4.03. The summed E-state index contributed by atoms with van der Waals surface area (Å²) in [5, 5.41) is 16.3. The molecule has 1 aromatic carbocycles. The number of thioether (sulfide) groups is 1. The molecule has 8 heteroatoms. The molecule has 2 N–H and O–H groups in total. The van der Waals surface area contributed by atoms with Crippen molar-refractivity contribution in [2.75, 3.05) is 19.3 Å². The second kappa shape index (κ2) is 9.57. The van der Waals surface area contributed by atoms with Crippen molar-refractivity contribution in [3.63, 3.8) is 0 Å². The van der Waals surface area contributed by atoms with E-state index in [-0.39, 0.29) is 30.0 Å². The number of nitro benzene ring substituents is 1. The maximum atomic E-state index is 11.5. The van der Waals surface area contributed by atoms with Gasteiger partial charge in [0.05, 0.1) is 10.7 Å². The van der Waals surface area contributed by atoms with Crippen LogP contribution in [0.2, 0.25) is 0 Å². The number of hydrogen-bond acceptors (Lipinski definition) is 5. The fraction of sp³-hybridized carbons (Fsp3) is 0.417. The van der Waals surface area contributed by atoms with Gasteiger partial charge in [0.2, 0.25) is 5.91 Å². The van der Waals surface area contributed by atoms with Crippen LogP contribution >= 0.6 is 24.2 Å². The zero-order chi connectivity index (χ0) is 14.3. The normalized spacial score (nSPS) is 11.3. The molecule has 0 aromatic heterocycles. The van der Waals surface area contributed by atoms with Crippen LogP contribution in [-0.4, -0.2) is 36.2 Å². The minimum Gasteiger partial charge on any atom is -0.354 e. The van der Waals surface area contributed by atoms with Gasteiger partial charge in [-0.3, -0.25) is 14.9 Å². The number of likely N-dealkylation sites (N-methyl/N-ethyl adjacent to an activating group) is 1. The number of nitrogens with one attached hydrogen (secondary N) is 2. The average Bonchev–Trinajstić information content (AvgIpc) is 2.42. The largest absolute Gasteiger partial charge is 0.354 e. The third-order valence-corrected chi connectivity index (χ3v) is 3.53. The van der Waals surface area contributed by atoms with Crippen molar-refractivity contribution < 1.29 is 9.72 Å². The highest BCUT2D eigenvalue weighted by molar-refractivity contribution is 8.00. The van der Waals surface area contributed by atoms with E-state index in [4.69, 9.17) is 0 Å². The number of nitrogens with zero attached hydrogens (tertiary/aromatic N) is 1. The second-order valence-corrected chi connectivity index (χ2v) is 5.08. The Balaban J connectivity index is 0.00000361. The van der Waals surface area contributed by atoms with Crippen LogP contribution in [0.25, 0.3) is 0 Å². The summed E-state index contributed by atoms with van der Waals surface area (Å²) in [6, 6.07) is 6.39. The van der Waals surface area contributed by atoms with Gasteiger partial charge in [-0.2, -0.15) is 0 Å². The zero-order valence-corrected chi connectivity index (χ0v) is 12.9. The summed E-state index contributed by atoms with van der Waals surface area (Å²) in [7, 11) is 1.84. The summed E-state index contributed by atoms with van der Waals surface area (Å²) in [5.74, 6) is 0.249. The monoisotopic (exact) mass is 319 g/mol. The molecule has 0 saturated carbocycles. The number of carbonyl (C=O) groups is 1.